The number of aliphatic imine (C=N–C) groups is 1. The van der Waals surface area contributed by atoms with E-state index in [1.807, 2.05) is 79.2 Å². The highest BCUT2D eigenvalue weighted by Gasteiger charge is 2.54. The standard InChI is InChI=1S/C103H140N18O20/c1-61-15-11-10-12-16-62(2)82(133-7)53-75-25-18-66(6)103(132,141-75)95(128)98(129)121-31-14-13-17-79(121)99(130)138-84(54-83(134-8)63(3)46-65(5)92(125)94(127)91(124)64(4)45-61)76(104)48-68-20-26-81(85(50-68)135-9)140-102(131)107-30-43-136-41-28-86(122)108-55-69-56-111-101(112-57-69)120-38-36-119(37-39-120)87(123)29-42-137-44-40-117-32-34-118(35-33-117)74-58-109-97(110-59-74)93(126)73-23-22-70-47-67(19-21-71(70)51-73)49-78-90-88(96(105)114-60-113-90)89(115-78)72-24-27-80-77(52-72)116-100(106)139-80/h10-12,15-16,19,21,24,27,46-47,52,56-61,63-64,66,68,73,75-76,78-79,81-85,92,94,125,127,132H,13-14,17-18,20,22-23,25-26,28-45,48-51,53-55,104H2,1-9H3,(H2,106,116)(H,107,131)(H,108,122)(H2,105,113,114)/b12-10?,15-11+,62-16?,65-46+/t61-,63-,64-,66-,68+,73?,75+,76-,78?,79+,81-,82+,83-,84+,85-,92-,94+,103-/m1/s1. The number of piperazine rings is 2. The number of hydrogen-bond donors (Lipinski definition) is 8. The van der Waals surface area contributed by atoms with Crippen molar-refractivity contribution in [2.24, 2.45) is 46.2 Å². The van der Waals surface area contributed by atoms with Crippen LogP contribution in [0.5, 0.6) is 0 Å². The molecule has 8 aliphatic rings. The molecule has 2 aromatic carbocycles. The molecule has 6 aliphatic heterocycles. The Labute approximate surface area is 823 Å². The summed E-state index contributed by atoms with van der Waals surface area (Å²) in [6, 6.07) is 9.82. The zero-order valence-corrected chi connectivity index (χ0v) is 82.5. The summed E-state index contributed by atoms with van der Waals surface area (Å²) in [6.45, 7) is 18.0. The van der Waals surface area contributed by atoms with Crippen LogP contribution >= 0.6 is 0 Å². The molecular formula is C103H140N18O20. The molecule has 14 rings (SSSR count). The van der Waals surface area contributed by atoms with Gasteiger partial charge in [0.05, 0.1) is 98.4 Å². The lowest BCUT2D eigenvalue weighted by Gasteiger charge is -2.43. The van der Waals surface area contributed by atoms with E-state index in [-0.39, 0.29) is 118 Å². The van der Waals surface area contributed by atoms with Gasteiger partial charge in [-0.2, -0.15) is 4.98 Å². The van der Waals surface area contributed by atoms with E-state index in [2.05, 4.69) is 73.5 Å². The number of hydrogen-bond acceptors (Lipinski definition) is 34. The maximum absolute atomic E-state index is 14.9. The van der Waals surface area contributed by atoms with E-state index < -0.39 is 114 Å². The van der Waals surface area contributed by atoms with Gasteiger partial charge in [-0.05, 0) is 155 Å². The smallest absolute Gasteiger partial charge is 0.407 e. The van der Waals surface area contributed by atoms with Gasteiger partial charge >= 0.3 is 12.1 Å². The first-order chi connectivity index (χ1) is 67.9. The predicted molar refractivity (Wildman–Crippen MR) is 525 cm³/mol. The topological polar surface area (TPSA) is 505 Å². The van der Waals surface area contributed by atoms with Crippen molar-refractivity contribution in [1.82, 2.24) is 60.2 Å². The number of Topliss-reactive ketones (excluding diaryl/α,β-unsaturated/α-hetero) is 3. The summed E-state index contributed by atoms with van der Waals surface area (Å²) in [5.41, 5.74) is 29.9. The minimum Gasteiger partial charge on any atom is -0.459 e. The second kappa shape index (κ2) is 49.6. The first-order valence-corrected chi connectivity index (χ1v) is 49.8. The lowest BCUT2D eigenvalue weighted by atomic mass is 9.80. The molecule has 38 heteroatoms. The molecule has 0 spiro atoms. The van der Waals surface area contributed by atoms with Gasteiger partial charge in [0.1, 0.15) is 48.1 Å². The molecule has 38 nitrogen and oxygen atoms in total. The highest BCUT2D eigenvalue weighted by molar-refractivity contribution is 6.39. The van der Waals surface area contributed by atoms with Crippen LogP contribution in [0.3, 0.4) is 0 Å². The fraction of sp³-hybridized carbons (Fsp3) is 0.592. The summed E-state index contributed by atoms with van der Waals surface area (Å²) in [5, 5.41) is 40.6. The molecule has 2 unspecified atom stereocenters. The van der Waals surface area contributed by atoms with Gasteiger partial charge in [0.15, 0.2) is 17.2 Å². The number of rotatable bonds is 28. The molecule has 2 bridgehead atoms. The summed E-state index contributed by atoms with van der Waals surface area (Å²) >= 11 is 0. The number of alkyl carbamates (subject to hydrolysis) is 1. The summed E-state index contributed by atoms with van der Waals surface area (Å²) in [4.78, 5) is 157. The monoisotopic (exact) mass is 1950 g/mol. The van der Waals surface area contributed by atoms with Crippen molar-refractivity contribution in [3.8, 4) is 0 Å². The second-order valence-electron chi connectivity index (χ2n) is 39.0. The van der Waals surface area contributed by atoms with Crippen LogP contribution in [0.15, 0.2) is 125 Å². The number of aliphatic hydroxyl groups is 3. The fourth-order valence-corrected chi connectivity index (χ4v) is 20.6. The normalized spacial score (nSPS) is 28.1. The summed E-state index contributed by atoms with van der Waals surface area (Å²) in [6.07, 6.45) is 18.8. The van der Waals surface area contributed by atoms with Crippen LogP contribution < -0.4 is 37.6 Å². The van der Waals surface area contributed by atoms with Crippen molar-refractivity contribution in [3.05, 3.63) is 160 Å². The lowest BCUT2D eigenvalue weighted by Crippen LogP contribution is -2.61. The fourth-order valence-electron chi connectivity index (χ4n) is 20.6. The van der Waals surface area contributed by atoms with Gasteiger partial charge in [-0.15, -0.1) is 0 Å². The number of amides is 4. The Kier molecular flexibility index (Phi) is 37.1. The number of cyclic esters (lactones) is 1. The van der Waals surface area contributed by atoms with E-state index >= 15 is 0 Å². The average Bonchev–Trinajstić information content (AvgIpc) is 1.61. The van der Waals surface area contributed by atoms with Crippen LogP contribution in [0.4, 0.5) is 28.3 Å². The number of nitrogens with zero attached hydrogens (tertiary/aromatic N) is 13. The van der Waals surface area contributed by atoms with E-state index in [1.165, 1.54) is 31.0 Å². The van der Waals surface area contributed by atoms with E-state index in [1.54, 1.807) is 58.7 Å². The molecule has 10 heterocycles. The summed E-state index contributed by atoms with van der Waals surface area (Å²) < 4.78 is 53.6. The van der Waals surface area contributed by atoms with Gasteiger partial charge in [0, 0.05) is 179 Å². The van der Waals surface area contributed by atoms with Crippen molar-refractivity contribution < 1.29 is 96.0 Å². The maximum Gasteiger partial charge on any atom is 0.407 e. The number of ketones is 3. The van der Waals surface area contributed by atoms with Crippen molar-refractivity contribution in [2.75, 3.05) is 141 Å². The highest BCUT2D eigenvalue weighted by Crippen LogP contribution is 2.41. The molecule has 18 atom stereocenters. The number of methoxy groups -OCH3 is 3. The number of oxazole rings is 1. The van der Waals surface area contributed by atoms with Crippen LogP contribution in [0, 0.1) is 35.5 Å². The highest BCUT2D eigenvalue weighted by atomic mass is 16.6. The number of anilines is 4. The number of esters is 1. The second-order valence-corrected chi connectivity index (χ2v) is 39.0. The number of nitrogen functional groups attached to an aromatic ring is 2. The Morgan fingerprint density at radius 2 is 1.45 bits per heavy atom. The third kappa shape index (κ3) is 27.2. The van der Waals surface area contributed by atoms with Crippen LogP contribution in [-0.2, 0) is 92.5 Å². The molecular weight excluding hydrogens is 1810 g/mol. The zero-order chi connectivity index (χ0) is 100. The van der Waals surface area contributed by atoms with E-state index in [0.717, 1.165) is 72.8 Å². The number of aromatic nitrogens is 7. The summed E-state index contributed by atoms with van der Waals surface area (Å²) in [5.74, 6) is -7.51. The first kappa shape index (κ1) is 105. The molecule has 4 aromatic heterocycles. The molecule has 2 aliphatic carbocycles. The molecule has 4 saturated heterocycles. The van der Waals surface area contributed by atoms with E-state index in [0.29, 0.717) is 162 Å². The van der Waals surface area contributed by atoms with E-state index in [9.17, 15) is 53.7 Å². The van der Waals surface area contributed by atoms with Gasteiger partial charge < -0.3 is 105 Å². The lowest BCUT2D eigenvalue weighted by molar-refractivity contribution is -0.265. The molecule has 5 fully saturated rings. The molecule has 11 N–H and O–H groups in total. The number of nitrogens with one attached hydrogen (secondary N) is 2. The van der Waals surface area contributed by atoms with Gasteiger partial charge in [0.25, 0.3) is 17.7 Å². The Bertz CT molecular complexity index is 5470. The zero-order valence-electron chi connectivity index (χ0n) is 82.5. The molecule has 6 aromatic rings. The maximum atomic E-state index is 14.9. The molecule has 762 valence electrons. The number of fused-ring (bicyclic) bond motifs is 6. The van der Waals surface area contributed by atoms with Crippen LogP contribution in [0.25, 0.3) is 11.1 Å². The SMILES string of the molecule is CO[C@H]1C[C@@H]2CC[C@@H](C)[C@@](O)(O2)C(=O)C(=O)N2CCCC[C@H]2C(=O)O[C@H]([C@H](N)C[C@@H]2CC[C@@H](OC(=O)NCCOCCC(=O)NCc3cnc(N4CCN(C(=O)CCOCCN5CCN(c6cnc(C(=O)C7CCc8cc(CC9N=C(c%10ccc%11oc(N)nc%11c%10)c%10c(N)ncnc%109)ccc8C7)nc6)CC5)CC4)nc3)[C@H](OC)C2)C[C@@H](OC)[C@H](C)/C=C(\C)[C@@H](O)[C@@H](O)C(=O)[C@H](C)C[C@H](C)/C=C/C=CC=C1C. The molecule has 141 heavy (non-hydrogen) atoms. The number of carbonyl (C=O) groups is 8. The van der Waals surface area contributed by atoms with Gasteiger partial charge in [-0.3, -0.25) is 38.7 Å². The average molecular weight is 1950 g/mol. The predicted octanol–water partition coefficient (Wildman–Crippen LogP) is 7.80. The number of benzene rings is 2. The number of allylic oxidation sites excluding steroid dienone is 5. The Balaban J connectivity index is 0.461. The Morgan fingerprint density at radius 3 is 2.21 bits per heavy atom. The van der Waals surface area contributed by atoms with Gasteiger partial charge in [-0.25, -0.2) is 39.5 Å². The third-order valence-electron chi connectivity index (χ3n) is 29.1. The number of aryl methyl sites for hydroxylation is 1. The minimum absolute atomic E-state index is 0.0192. The van der Waals surface area contributed by atoms with Crippen LogP contribution in [0.1, 0.15) is 194 Å². The number of aliphatic hydroxyl groups excluding tert-OH is 2. The number of nitrogens with two attached hydrogens (primary N) is 3. The molecule has 0 radical (unpaired) electrons. The van der Waals surface area contributed by atoms with Crippen LogP contribution in [0.2, 0.25) is 0 Å². The van der Waals surface area contributed by atoms with E-state index in [4.69, 9.17) is 64.5 Å². The molecule has 1 saturated carbocycles. The van der Waals surface area contributed by atoms with Gasteiger partial charge in [-0.1, -0.05) is 82.4 Å². The van der Waals surface area contributed by atoms with Crippen molar-refractivity contribution in [1.29, 1.82) is 0 Å². The van der Waals surface area contributed by atoms with Crippen molar-refractivity contribution >= 4 is 87.4 Å². The van der Waals surface area contributed by atoms with Crippen molar-refractivity contribution in [3.63, 3.8) is 0 Å². The number of carbonyl (C=O) groups excluding carboxylic acids is 8. The third-order valence-corrected chi connectivity index (χ3v) is 29.1. The summed E-state index contributed by atoms with van der Waals surface area (Å²) in [7, 11) is 4.57. The molecule has 4 amide bonds. The van der Waals surface area contributed by atoms with Crippen molar-refractivity contribution in [2.45, 2.75) is 236 Å². The first-order valence-electron chi connectivity index (χ1n) is 49.8. The van der Waals surface area contributed by atoms with Crippen LogP contribution in [-0.4, -0.2) is 304 Å². The largest absolute Gasteiger partial charge is 0.459 e. The number of piperidine rings is 1. The Hall–Kier alpha value is -11.3. The quantitative estimate of drug-likeness (QED) is 0.00763. The minimum atomic E-state index is -2.50. The number of ether oxygens (including phenoxy) is 8. The van der Waals surface area contributed by atoms with Gasteiger partial charge in [0.2, 0.25) is 29.3 Å². The Morgan fingerprint density at radius 1 is 0.695 bits per heavy atom.